The lowest BCUT2D eigenvalue weighted by atomic mass is 10.1. The van der Waals surface area contributed by atoms with Crippen LogP contribution in [0.5, 0.6) is 0 Å². The lowest BCUT2D eigenvalue weighted by Gasteiger charge is -2.25. The summed E-state index contributed by atoms with van der Waals surface area (Å²) in [5.41, 5.74) is 8.13. The Morgan fingerprint density at radius 1 is 0.889 bits per heavy atom. The Morgan fingerprint density at radius 3 is 2.00 bits per heavy atom. The second-order valence-electron chi connectivity index (χ2n) is 4.59. The summed E-state index contributed by atoms with van der Waals surface area (Å²) in [6.45, 7) is 13.1. The van der Waals surface area contributed by atoms with Gasteiger partial charge in [0, 0.05) is 25.3 Å². The van der Waals surface area contributed by atoms with Crippen LogP contribution in [-0.4, -0.2) is 42.5 Å². The molecule has 0 unspecified atom stereocenters. The summed E-state index contributed by atoms with van der Waals surface area (Å²) in [5, 5.41) is 0. The number of rotatable bonds is 8. The molecule has 0 spiro atoms. The molecule has 0 aliphatic rings. The van der Waals surface area contributed by atoms with E-state index >= 15 is 0 Å². The molecule has 0 atom stereocenters. The summed E-state index contributed by atoms with van der Waals surface area (Å²) in [6, 6.07) is 8.15. The van der Waals surface area contributed by atoms with Crippen molar-refractivity contribution in [2.24, 2.45) is 0 Å². The van der Waals surface area contributed by atoms with Crippen molar-refractivity contribution in [1.82, 2.24) is 9.80 Å². The van der Waals surface area contributed by atoms with Gasteiger partial charge in [-0.15, -0.1) is 0 Å². The molecule has 0 radical (unpaired) electrons. The fraction of sp³-hybridized carbons (Fsp3) is 0.600. The maximum absolute atomic E-state index is 5.99. The molecule has 3 nitrogen and oxygen atoms in total. The highest BCUT2D eigenvalue weighted by Crippen LogP contribution is 2.13. The van der Waals surface area contributed by atoms with E-state index in [1.165, 1.54) is 5.56 Å². The van der Waals surface area contributed by atoms with E-state index in [-0.39, 0.29) is 0 Å². The minimum atomic E-state index is 0.902. The predicted molar refractivity (Wildman–Crippen MR) is 79.6 cm³/mol. The van der Waals surface area contributed by atoms with E-state index in [9.17, 15) is 0 Å². The maximum Gasteiger partial charge on any atom is 0.0359 e. The number of nitrogen functional groups attached to an aromatic ring is 1. The normalized spacial score (nSPS) is 11.4. The van der Waals surface area contributed by atoms with Gasteiger partial charge >= 0.3 is 0 Å². The summed E-state index contributed by atoms with van der Waals surface area (Å²) >= 11 is 0. The molecular weight excluding hydrogens is 222 g/mol. The fourth-order valence-corrected chi connectivity index (χ4v) is 2.09. The van der Waals surface area contributed by atoms with E-state index in [1.54, 1.807) is 0 Å². The molecule has 102 valence electrons. The van der Waals surface area contributed by atoms with E-state index in [0.717, 1.165) is 45.0 Å². The lowest BCUT2D eigenvalue weighted by Crippen LogP contribution is -2.34. The molecule has 0 saturated carbocycles. The Hall–Kier alpha value is -1.06. The van der Waals surface area contributed by atoms with Gasteiger partial charge in [-0.25, -0.2) is 0 Å². The number of nitrogens with two attached hydrogens (primary N) is 1. The maximum atomic E-state index is 5.99. The third-order valence-electron chi connectivity index (χ3n) is 3.52. The molecule has 0 bridgehead atoms. The van der Waals surface area contributed by atoms with Crippen molar-refractivity contribution >= 4 is 5.69 Å². The minimum Gasteiger partial charge on any atom is -0.398 e. The van der Waals surface area contributed by atoms with Gasteiger partial charge in [-0.05, 0) is 31.3 Å². The zero-order valence-electron chi connectivity index (χ0n) is 12.0. The Kier molecular flexibility index (Phi) is 6.76. The number of para-hydroxylation sites is 1. The molecule has 0 heterocycles. The molecule has 0 aliphatic heterocycles. The van der Waals surface area contributed by atoms with Crippen LogP contribution in [-0.2, 0) is 6.54 Å². The van der Waals surface area contributed by atoms with E-state index in [0.29, 0.717) is 0 Å². The van der Waals surface area contributed by atoms with Crippen LogP contribution in [0.1, 0.15) is 26.3 Å². The summed E-state index contributed by atoms with van der Waals surface area (Å²) in [5.74, 6) is 0. The molecule has 3 heteroatoms. The Balaban J connectivity index is 2.49. The first-order chi connectivity index (χ1) is 8.71. The van der Waals surface area contributed by atoms with Crippen molar-refractivity contribution in [3.8, 4) is 0 Å². The van der Waals surface area contributed by atoms with Crippen LogP contribution in [0.2, 0.25) is 0 Å². The third-order valence-corrected chi connectivity index (χ3v) is 3.52. The molecule has 0 aliphatic carbocycles. The monoisotopic (exact) mass is 249 g/mol. The van der Waals surface area contributed by atoms with Crippen molar-refractivity contribution in [3.63, 3.8) is 0 Å². The van der Waals surface area contributed by atoms with Crippen LogP contribution < -0.4 is 5.73 Å². The number of benzene rings is 1. The van der Waals surface area contributed by atoms with Crippen molar-refractivity contribution in [2.45, 2.75) is 27.3 Å². The van der Waals surface area contributed by atoms with Crippen molar-refractivity contribution < 1.29 is 0 Å². The molecule has 1 aromatic rings. The zero-order valence-corrected chi connectivity index (χ0v) is 12.0. The topological polar surface area (TPSA) is 32.5 Å². The first-order valence-corrected chi connectivity index (χ1v) is 6.99. The average molecular weight is 249 g/mol. The highest BCUT2D eigenvalue weighted by atomic mass is 15.2. The SMILES string of the molecule is CCN(CC)CCN(CC)Cc1ccccc1N. The van der Waals surface area contributed by atoms with Crippen molar-refractivity contribution in [3.05, 3.63) is 29.8 Å². The molecular formula is C15H27N3. The Labute approximate surface area is 112 Å². The van der Waals surface area contributed by atoms with Gasteiger partial charge in [0.1, 0.15) is 0 Å². The molecule has 1 aromatic carbocycles. The highest BCUT2D eigenvalue weighted by Gasteiger charge is 2.07. The quantitative estimate of drug-likeness (QED) is 0.718. The number of anilines is 1. The van der Waals surface area contributed by atoms with Gasteiger partial charge in [-0.2, -0.15) is 0 Å². The van der Waals surface area contributed by atoms with Gasteiger partial charge in [-0.3, -0.25) is 4.90 Å². The van der Waals surface area contributed by atoms with Gasteiger partial charge < -0.3 is 10.6 Å². The molecule has 2 N–H and O–H groups in total. The first kappa shape index (κ1) is 15.0. The van der Waals surface area contributed by atoms with E-state index in [2.05, 4.69) is 42.7 Å². The predicted octanol–water partition coefficient (Wildman–Crippen LogP) is 2.43. The fourth-order valence-electron chi connectivity index (χ4n) is 2.09. The van der Waals surface area contributed by atoms with E-state index in [4.69, 9.17) is 5.73 Å². The van der Waals surface area contributed by atoms with Crippen LogP contribution in [0.3, 0.4) is 0 Å². The smallest absolute Gasteiger partial charge is 0.0359 e. The van der Waals surface area contributed by atoms with Crippen LogP contribution >= 0.6 is 0 Å². The number of hydrogen-bond donors (Lipinski definition) is 1. The summed E-state index contributed by atoms with van der Waals surface area (Å²) in [7, 11) is 0. The van der Waals surface area contributed by atoms with E-state index in [1.807, 2.05) is 12.1 Å². The molecule has 0 amide bonds. The van der Waals surface area contributed by atoms with Crippen LogP contribution in [0.25, 0.3) is 0 Å². The van der Waals surface area contributed by atoms with Gasteiger partial charge in [-0.1, -0.05) is 39.0 Å². The first-order valence-electron chi connectivity index (χ1n) is 6.99. The number of hydrogen-bond acceptors (Lipinski definition) is 3. The van der Waals surface area contributed by atoms with Gasteiger partial charge in [0.25, 0.3) is 0 Å². The van der Waals surface area contributed by atoms with Gasteiger partial charge in [0.2, 0.25) is 0 Å². The second-order valence-corrected chi connectivity index (χ2v) is 4.59. The molecule has 1 rings (SSSR count). The third kappa shape index (κ3) is 4.67. The summed E-state index contributed by atoms with van der Waals surface area (Å²) in [4.78, 5) is 4.90. The van der Waals surface area contributed by atoms with Crippen LogP contribution in [0.4, 0.5) is 5.69 Å². The lowest BCUT2D eigenvalue weighted by molar-refractivity contribution is 0.215. The molecule has 0 saturated heterocycles. The highest BCUT2D eigenvalue weighted by molar-refractivity contribution is 5.46. The standard InChI is InChI=1S/C15H27N3/c1-4-17(5-2)11-12-18(6-3)13-14-9-7-8-10-15(14)16/h7-10H,4-6,11-13,16H2,1-3H3. The Morgan fingerprint density at radius 2 is 1.44 bits per heavy atom. The van der Waals surface area contributed by atoms with Gasteiger partial charge in [0.05, 0.1) is 0 Å². The molecule has 0 fully saturated rings. The van der Waals surface area contributed by atoms with E-state index < -0.39 is 0 Å². The number of likely N-dealkylation sites (N-methyl/N-ethyl adjacent to an activating group) is 2. The summed E-state index contributed by atoms with van der Waals surface area (Å²) < 4.78 is 0. The van der Waals surface area contributed by atoms with Gasteiger partial charge in [0.15, 0.2) is 0 Å². The average Bonchev–Trinajstić information content (AvgIpc) is 2.40. The molecule has 18 heavy (non-hydrogen) atoms. The van der Waals surface area contributed by atoms with Crippen molar-refractivity contribution in [2.75, 3.05) is 38.5 Å². The largest absolute Gasteiger partial charge is 0.398 e. The minimum absolute atomic E-state index is 0.902. The number of nitrogens with zero attached hydrogens (tertiary/aromatic N) is 2. The zero-order chi connectivity index (χ0) is 13.4. The summed E-state index contributed by atoms with van der Waals surface area (Å²) in [6.07, 6.45) is 0. The van der Waals surface area contributed by atoms with Crippen LogP contribution in [0, 0.1) is 0 Å². The van der Waals surface area contributed by atoms with Crippen LogP contribution in [0.15, 0.2) is 24.3 Å². The second kappa shape index (κ2) is 8.11. The Bertz CT molecular complexity index is 334. The van der Waals surface area contributed by atoms with Crippen molar-refractivity contribution in [1.29, 1.82) is 0 Å². The molecule has 0 aromatic heterocycles.